The fourth-order valence-electron chi connectivity index (χ4n) is 3.81. The average Bonchev–Trinajstić information content (AvgIpc) is 2.96. The van der Waals surface area contributed by atoms with Gasteiger partial charge in [0.1, 0.15) is 0 Å². The number of rotatable bonds is 6. The minimum Gasteiger partial charge on any atom is -0.192 e. The van der Waals surface area contributed by atoms with Crippen molar-refractivity contribution in [2.45, 2.75) is 0 Å². The minimum absolute atomic E-state index is 0.419. The molecule has 3 nitrogen and oxygen atoms in total. The molecule has 0 spiro atoms. The van der Waals surface area contributed by atoms with Gasteiger partial charge in [-0.2, -0.15) is 15.8 Å². The Kier molecular flexibility index (Phi) is 9.48. The Morgan fingerprint density at radius 1 is 0.436 bits per heavy atom. The number of hydrogen-bond donors (Lipinski definition) is 0. The van der Waals surface area contributed by atoms with Crippen molar-refractivity contribution in [1.82, 2.24) is 0 Å². The van der Waals surface area contributed by atoms with Crippen molar-refractivity contribution in [2.75, 3.05) is 0 Å². The predicted octanol–water partition coefficient (Wildman–Crippen LogP) is 10.2. The van der Waals surface area contributed by atoms with Crippen LogP contribution in [0.5, 0.6) is 0 Å². The summed E-state index contributed by atoms with van der Waals surface area (Å²) in [6.45, 7) is 0. The maximum Gasteiger partial charge on any atom is 0.0998 e. The summed E-state index contributed by atoms with van der Waals surface area (Å²) in [7, 11) is 0. The Morgan fingerprint density at radius 2 is 0.667 bits per heavy atom. The first kappa shape index (κ1) is 28.0. The molecule has 0 aliphatic carbocycles. The van der Waals surface area contributed by atoms with Crippen molar-refractivity contribution in [3.8, 4) is 18.2 Å². The third-order valence-corrected chi connectivity index (χ3v) is 7.36. The molecule has 0 saturated heterocycles. The molecule has 6 heteroatoms. The fourth-order valence-corrected chi connectivity index (χ4v) is 4.60. The van der Waals surface area contributed by atoms with E-state index in [1.165, 1.54) is 0 Å². The molecule has 0 heterocycles. The second kappa shape index (κ2) is 13.2. The van der Waals surface area contributed by atoms with Crippen molar-refractivity contribution in [3.63, 3.8) is 0 Å². The van der Waals surface area contributed by atoms with Crippen molar-refractivity contribution in [2.24, 2.45) is 0 Å². The van der Waals surface area contributed by atoms with E-state index in [0.717, 1.165) is 30.1 Å². The van der Waals surface area contributed by atoms with Gasteiger partial charge in [-0.05, 0) is 106 Å². The highest BCUT2D eigenvalue weighted by Crippen LogP contribution is 2.30. The van der Waals surface area contributed by atoms with Crippen LogP contribution in [0.25, 0.3) is 34.9 Å². The van der Waals surface area contributed by atoms with Crippen LogP contribution in [-0.4, -0.2) is 0 Å². The smallest absolute Gasteiger partial charge is 0.0998 e. The monoisotopic (exact) mass is 693 g/mol. The van der Waals surface area contributed by atoms with Gasteiger partial charge in [-0.25, -0.2) is 0 Å². The van der Waals surface area contributed by atoms with Gasteiger partial charge in [-0.3, -0.25) is 0 Å². The van der Waals surface area contributed by atoms with E-state index in [1.54, 1.807) is 18.2 Å². The summed E-state index contributed by atoms with van der Waals surface area (Å²) in [4.78, 5) is 0. The largest absolute Gasteiger partial charge is 0.192 e. The van der Waals surface area contributed by atoms with Crippen LogP contribution in [0, 0.1) is 34.0 Å². The topological polar surface area (TPSA) is 71.4 Å². The summed E-state index contributed by atoms with van der Waals surface area (Å²) in [5.41, 5.74) is 5.67. The van der Waals surface area contributed by atoms with Gasteiger partial charge in [0.05, 0.1) is 34.9 Å². The summed E-state index contributed by atoms with van der Waals surface area (Å²) < 4.78 is 2.82. The molecule has 0 N–H and O–H groups in total. The quantitative estimate of drug-likeness (QED) is 0.149. The van der Waals surface area contributed by atoms with Gasteiger partial charge in [0.25, 0.3) is 0 Å². The van der Waals surface area contributed by atoms with E-state index in [9.17, 15) is 15.8 Å². The van der Waals surface area contributed by atoms with Crippen LogP contribution in [0.1, 0.15) is 33.4 Å². The SMILES string of the molecule is N#C/C(=C\c1ccc(Br)cc1)c1cc(/C(C#N)=C/c2ccc(Br)cc2)cc(/C(C#N)=C/c2ccc(Br)cc2)c1. The van der Waals surface area contributed by atoms with Crippen molar-refractivity contribution in [3.05, 3.63) is 138 Å². The van der Waals surface area contributed by atoms with Gasteiger partial charge in [-0.1, -0.05) is 84.2 Å². The van der Waals surface area contributed by atoms with E-state index in [4.69, 9.17) is 0 Å². The third kappa shape index (κ3) is 7.53. The van der Waals surface area contributed by atoms with E-state index in [2.05, 4.69) is 66.0 Å². The number of nitriles is 3. The Balaban J connectivity index is 1.91. The molecule has 0 aromatic heterocycles. The molecule has 0 bridgehead atoms. The van der Waals surface area contributed by atoms with Crippen molar-refractivity contribution >= 4 is 82.7 Å². The molecule has 0 atom stereocenters. The van der Waals surface area contributed by atoms with Crippen LogP contribution in [0.3, 0.4) is 0 Å². The molecular formula is C33H18Br3N3. The molecule has 39 heavy (non-hydrogen) atoms. The molecule has 0 aliphatic rings. The maximum absolute atomic E-state index is 10.1. The Morgan fingerprint density at radius 3 is 0.872 bits per heavy atom. The highest BCUT2D eigenvalue weighted by molar-refractivity contribution is 9.11. The highest BCUT2D eigenvalue weighted by atomic mass is 79.9. The molecule has 4 aromatic rings. The summed E-state index contributed by atoms with van der Waals surface area (Å²) in [6, 6.07) is 35.3. The van der Waals surface area contributed by atoms with Gasteiger partial charge in [0.2, 0.25) is 0 Å². The molecule has 0 radical (unpaired) electrons. The maximum atomic E-state index is 10.1. The molecule has 0 aliphatic heterocycles. The Hall–Kier alpha value is -3.99. The number of halogens is 3. The number of benzene rings is 4. The van der Waals surface area contributed by atoms with Crippen LogP contribution >= 0.6 is 47.8 Å². The first-order valence-corrected chi connectivity index (χ1v) is 14.0. The van der Waals surface area contributed by atoms with Crippen LogP contribution in [0.4, 0.5) is 0 Å². The molecule has 4 rings (SSSR count). The molecule has 0 fully saturated rings. The first-order valence-electron chi connectivity index (χ1n) is 11.7. The van der Waals surface area contributed by atoms with Gasteiger partial charge in [-0.15, -0.1) is 0 Å². The Bertz CT molecular complexity index is 1500. The van der Waals surface area contributed by atoms with Crippen LogP contribution in [0.15, 0.2) is 104 Å². The lowest BCUT2D eigenvalue weighted by molar-refractivity contribution is 1.48. The lowest BCUT2D eigenvalue weighted by atomic mass is 9.92. The standard InChI is InChI=1S/C33H18Br3N3/c34-31-7-1-22(2-8-31)13-28(19-37)25-16-26(29(20-38)14-23-3-9-32(35)10-4-23)18-27(17-25)30(21-39)15-24-5-11-33(36)12-6-24/h1-18H/b28-13+,29-14+,30-15+. The summed E-state index contributed by atoms with van der Waals surface area (Å²) in [5.74, 6) is 0. The number of allylic oxidation sites excluding steroid dienone is 3. The zero-order valence-corrected chi connectivity index (χ0v) is 25.1. The van der Waals surface area contributed by atoms with Crippen LogP contribution in [-0.2, 0) is 0 Å². The van der Waals surface area contributed by atoms with Gasteiger partial charge in [0, 0.05) is 13.4 Å². The summed E-state index contributed by atoms with van der Waals surface area (Å²) in [5, 5.41) is 30.3. The van der Waals surface area contributed by atoms with E-state index in [-0.39, 0.29) is 0 Å². The Labute approximate surface area is 253 Å². The molecule has 4 aromatic carbocycles. The molecule has 0 saturated carbocycles. The molecular weight excluding hydrogens is 678 g/mol. The van der Waals surface area contributed by atoms with E-state index < -0.39 is 0 Å². The lowest BCUT2D eigenvalue weighted by Gasteiger charge is -2.10. The average molecular weight is 696 g/mol. The highest BCUT2D eigenvalue weighted by Gasteiger charge is 2.12. The summed E-state index contributed by atoms with van der Waals surface area (Å²) >= 11 is 10.3. The van der Waals surface area contributed by atoms with Crippen molar-refractivity contribution in [1.29, 1.82) is 15.8 Å². The molecule has 0 unspecified atom stereocenters. The molecule has 186 valence electrons. The third-order valence-electron chi connectivity index (χ3n) is 5.77. The minimum atomic E-state index is 0.419. The molecule has 0 amide bonds. The normalized spacial score (nSPS) is 11.8. The number of nitrogens with zero attached hydrogens (tertiary/aromatic N) is 3. The fraction of sp³-hybridized carbons (Fsp3) is 0. The van der Waals surface area contributed by atoms with E-state index in [0.29, 0.717) is 33.4 Å². The van der Waals surface area contributed by atoms with Gasteiger partial charge in [0.15, 0.2) is 0 Å². The second-order valence-corrected chi connectivity index (χ2v) is 11.2. The zero-order valence-electron chi connectivity index (χ0n) is 20.4. The lowest BCUT2D eigenvalue weighted by Crippen LogP contribution is -1.93. The summed E-state index contributed by atoms with van der Waals surface area (Å²) in [6.07, 6.45) is 5.39. The van der Waals surface area contributed by atoms with Crippen LogP contribution < -0.4 is 0 Å². The van der Waals surface area contributed by atoms with Gasteiger partial charge < -0.3 is 0 Å². The van der Waals surface area contributed by atoms with E-state index in [1.807, 2.05) is 91.0 Å². The first-order chi connectivity index (χ1) is 18.9. The van der Waals surface area contributed by atoms with E-state index >= 15 is 0 Å². The predicted molar refractivity (Wildman–Crippen MR) is 169 cm³/mol. The van der Waals surface area contributed by atoms with Gasteiger partial charge >= 0.3 is 0 Å². The number of hydrogen-bond acceptors (Lipinski definition) is 3. The van der Waals surface area contributed by atoms with Crippen LogP contribution in [0.2, 0.25) is 0 Å². The van der Waals surface area contributed by atoms with Crippen molar-refractivity contribution < 1.29 is 0 Å². The zero-order chi connectivity index (χ0) is 27.8. The second-order valence-electron chi connectivity index (χ2n) is 8.46.